The molecular weight excluding hydrogens is 1150 g/mol. The van der Waals surface area contributed by atoms with Crippen LogP contribution < -0.4 is 0 Å². The molecule has 93 heavy (non-hydrogen) atoms. The average Bonchev–Trinajstić information content (AvgIpc) is 3.38. The number of allylic oxidation sites excluding steroid dienone is 34. The van der Waals surface area contributed by atoms with Crippen LogP contribution in [-0.4, -0.2) is 87.4 Å². The normalized spacial score (nSPS) is 13.9. The lowest BCUT2D eigenvalue weighted by Crippen LogP contribution is -2.40. The predicted octanol–water partition coefficient (Wildman–Crippen LogP) is 23.1. The van der Waals surface area contributed by atoms with Crippen molar-refractivity contribution < 1.29 is 42.9 Å². The van der Waals surface area contributed by atoms with Crippen molar-refractivity contribution >= 4 is 17.9 Å². The first-order chi connectivity index (χ1) is 45.6. The molecule has 0 heterocycles. The number of carboxylic acids is 1. The molecule has 0 rings (SSSR count). The molecule has 1 N–H and O–H groups in total. The number of unbranched alkanes of at least 4 members (excludes halogenated alkanes) is 15. The van der Waals surface area contributed by atoms with Gasteiger partial charge in [0.05, 0.1) is 34.4 Å². The second kappa shape index (κ2) is 71.7. The van der Waals surface area contributed by atoms with E-state index in [-0.39, 0.29) is 38.6 Å². The highest BCUT2D eigenvalue weighted by Gasteiger charge is 2.25. The molecule has 0 saturated heterocycles. The molecule has 0 aliphatic rings. The fourth-order valence-electron chi connectivity index (χ4n) is 9.08. The van der Waals surface area contributed by atoms with Gasteiger partial charge in [0, 0.05) is 12.8 Å². The topological polar surface area (TPSA) is 108 Å². The van der Waals surface area contributed by atoms with E-state index in [0.717, 1.165) is 154 Å². The van der Waals surface area contributed by atoms with E-state index in [1.807, 2.05) is 21.1 Å². The molecule has 0 aliphatic heterocycles. The fourth-order valence-corrected chi connectivity index (χ4v) is 9.08. The Kier molecular flexibility index (Phi) is 67.0. The van der Waals surface area contributed by atoms with Crippen LogP contribution in [0.5, 0.6) is 0 Å². The monoisotopic (exact) mass is 1280 g/mol. The van der Waals surface area contributed by atoms with E-state index >= 15 is 0 Å². The van der Waals surface area contributed by atoms with Crippen LogP contribution in [0.4, 0.5) is 0 Å². The Labute approximate surface area is 569 Å². The zero-order valence-electron chi connectivity index (χ0n) is 59.3. The van der Waals surface area contributed by atoms with E-state index in [0.29, 0.717) is 17.4 Å². The maximum atomic E-state index is 12.9. The molecule has 0 saturated carbocycles. The molecule has 0 aromatic carbocycles. The van der Waals surface area contributed by atoms with Crippen LogP contribution in [0.15, 0.2) is 207 Å². The number of carbonyl (C=O) groups excluding carboxylic acids is 2. The second-order valence-corrected chi connectivity index (χ2v) is 24.4. The molecule has 2 unspecified atom stereocenters. The Bertz CT molecular complexity index is 2280. The van der Waals surface area contributed by atoms with Gasteiger partial charge in [-0.05, 0) is 148 Å². The summed E-state index contributed by atoms with van der Waals surface area (Å²) in [6, 6.07) is 0. The minimum Gasteiger partial charge on any atom is -0.477 e. The van der Waals surface area contributed by atoms with E-state index in [1.165, 1.54) is 57.8 Å². The number of likely N-dealkylation sites (N-methyl/N-ethyl adjacent to an activating group) is 1. The number of esters is 2. The maximum absolute atomic E-state index is 12.9. The van der Waals surface area contributed by atoms with Crippen molar-refractivity contribution in [2.75, 3.05) is 47.5 Å². The number of carbonyl (C=O) groups is 3. The third-order valence-electron chi connectivity index (χ3n) is 14.5. The Morgan fingerprint density at radius 1 is 0.323 bits per heavy atom. The molecule has 520 valence electrons. The van der Waals surface area contributed by atoms with Gasteiger partial charge in [-0.25, -0.2) is 4.79 Å². The highest BCUT2D eigenvalue weighted by molar-refractivity contribution is 5.71. The molecule has 0 amide bonds. The second-order valence-electron chi connectivity index (χ2n) is 24.4. The van der Waals surface area contributed by atoms with Gasteiger partial charge in [-0.3, -0.25) is 9.59 Å². The minimum atomic E-state index is -1.54. The molecule has 0 bridgehead atoms. The van der Waals surface area contributed by atoms with Crippen molar-refractivity contribution in [2.45, 2.75) is 257 Å². The zero-order chi connectivity index (χ0) is 67.5. The van der Waals surface area contributed by atoms with Gasteiger partial charge in [-0.15, -0.1) is 0 Å². The van der Waals surface area contributed by atoms with Crippen LogP contribution in [0.3, 0.4) is 0 Å². The maximum Gasteiger partial charge on any atom is 0.361 e. The van der Waals surface area contributed by atoms with E-state index in [1.54, 1.807) is 0 Å². The molecule has 0 aliphatic carbocycles. The van der Waals surface area contributed by atoms with Crippen LogP contribution in [0, 0.1) is 0 Å². The minimum absolute atomic E-state index is 0.169. The van der Waals surface area contributed by atoms with Gasteiger partial charge in [0.2, 0.25) is 0 Å². The molecule has 9 nitrogen and oxygen atoms in total. The van der Waals surface area contributed by atoms with E-state index < -0.39 is 24.3 Å². The van der Waals surface area contributed by atoms with Crippen molar-refractivity contribution in [3.63, 3.8) is 0 Å². The molecule has 0 radical (unpaired) electrons. The molecule has 0 aromatic heterocycles. The van der Waals surface area contributed by atoms with Crippen LogP contribution >= 0.6 is 0 Å². The Balaban J connectivity index is 4.24. The van der Waals surface area contributed by atoms with E-state index in [2.05, 4.69) is 220 Å². The molecular formula is C84H132NO8+. The van der Waals surface area contributed by atoms with Crippen LogP contribution in [0.2, 0.25) is 0 Å². The van der Waals surface area contributed by atoms with Gasteiger partial charge in [0.15, 0.2) is 6.10 Å². The van der Waals surface area contributed by atoms with Gasteiger partial charge in [-0.2, -0.15) is 0 Å². The van der Waals surface area contributed by atoms with Crippen molar-refractivity contribution in [2.24, 2.45) is 0 Å². The SMILES string of the molecule is CC/C=C\C/C=C\C/C=C\C/C=C\C/C=C\C/C=C\C/C=C\C/C=C\C/C=C\CCCCCC(=O)OC(COC(=O)CCCCCCCCCCCCCC/C=C\C/C=C\C/C=C\C/C=C\C/C=C\C/C=C\C/C=C\C/C=C\CC)COC(OCC[N+](C)(C)C)C(=O)O. The molecule has 0 fully saturated rings. The summed E-state index contributed by atoms with van der Waals surface area (Å²) in [4.78, 5) is 37.7. The first kappa shape index (κ1) is 86.9. The fraction of sp³-hybridized carbons (Fsp3) is 0.560. The Morgan fingerprint density at radius 2 is 0.581 bits per heavy atom. The van der Waals surface area contributed by atoms with Gasteiger partial charge in [-0.1, -0.05) is 291 Å². The largest absolute Gasteiger partial charge is 0.477 e. The molecule has 2 atom stereocenters. The van der Waals surface area contributed by atoms with Crippen molar-refractivity contribution in [3.8, 4) is 0 Å². The zero-order valence-corrected chi connectivity index (χ0v) is 59.3. The third kappa shape index (κ3) is 73.1. The van der Waals surface area contributed by atoms with E-state index in [9.17, 15) is 19.5 Å². The van der Waals surface area contributed by atoms with Crippen LogP contribution in [0.25, 0.3) is 0 Å². The molecule has 9 heteroatoms. The lowest BCUT2D eigenvalue weighted by molar-refractivity contribution is -0.870. The molecule has 0 spiro atoms. The number of carboxylic acid groups (broad SMARTS) is 1. The Hall–Kier alpha value is -6.13. The summed E-state index contributed by atoms with van der Waals surface area (Å²) >= 11 is 0. The standard InChI is InChI=1S/C84H131NO8/c1-6-8-10-12-14-16-18-20-22-24-26-28-30-32-34-36-38-39-40-41-42-43-45-46-48-50-52-54-56-58-60-62-64-66-68-70-72-74-81(86)91-78-80(79-92-84(83(88)89)90-77-76-85(3,4)5)93-82(87)75-73-71-69-67-65-63-61-59-57-55-53-51-49-47-44-37-35-33-31-29-27-25-23-21-19-17-15-13-11-9-7-2/h8-11,14-17,20-23,26-29,32-35,38-39,41-42,44-47,51,53,57,59,63,65,80,84H,6-7,12-13,18-19,24-25,30-31,36-37,40,43,48-50,52,54-56,58,60-62,64,66-79H2,1-5H3/p+1/b10-8-,11-9-,16-14-,17-15-,22-20-,23-21-,28-26-,29-27-,34-32-,35-33-,39-38-,42-41-,46-45-,47-44-,53-51-,59-57-,65-63-. The first-order valence-corrected chi connectivity index (χ1v) is 36.2. The first-order valence-electron chi connectivity index (χ1n) is 36.2. The quantitative estimate of drug-likeness (QED) is 0.0211. The van der Waals surface area contributed by atoms with Gasteiger partial charge >= 0.3 is 17.9 Å². The highest BCUT2D eigenvalue weighted by atomic mass is 16.7. The van der Waals surface area contributed by atoms with Gasteiger partial charge in [0.25, 0.3) is 6.29 Å². The van der Waals surface area contributed by atoms with Gasteiger partial charge < -0.3 is 28.5 Å². The lowest BCUT2D eigenvalue weighted by Gasteiger charge is -2.25. The van der Waals surface area contributed by atoms with Gasteiger partial charge in [0.1, 0.15) is 13.2 Å². The number of hydrogen-bond donors (Lipinski definition) is 1. The van der Waals surface area contributed by atoms with E-state index in [4.69, 9.17) is 18.9 Å². The smallest absolute Gasteiger partial charge is 0.361 e. The summed E-state index contributed by atoms with van der Waals surface area (Å²) in [5.41, 5.74) is 0. The number of aliphatic carboxylic acids is 1. The summed E-state index contributed by atoms with van der Waals surface area (Å²) in [7, 11) is 5.95. The summed E-state index contributed by atoms with van der Waals surface area (Å²) in [6.07, 6.45) is 109. The summed E-state index contributed by atoms with van der Waals surface area (Å²) in [5.74, 6) is -2.08. The summed E-state index contributed by atoms with van der Waals surface area (Å²) in [6.45, 7) is 4.58. The number of nitrogens with zero attached hydrogens (tertiary/aromatic N) is 1. The van der Waals surface area contributed by atoms with Crippen molar-refractivity contribution in [1.82, 2.24) is 0 Å². The predicted molar refractivity (Wildman–Crippen MR) is 400 cm³/mol. The van der Waals surface area contributed by atoms with Crippen molar-refractivity contribution in [1.29, 1.82) is 0 Å². The Morgan fingerprint density at radius 3 is 0.871 bits per heavy atom. The highest BCUT2D eigenvalue weighted by Crippen LogP contribution is 2.15. The lowest BCUT2D eigenvalue weighted by atomic mass is 10.0. The summed E-state index contributed by atoms with van der Waals surface area (Å²) in [5, 5.41) is 9.75. The number of quaternary nitrogens is 1. The third-order valence-corrected chi connectivity index (χ3v) is 14.5. The van der Waals surface area contributed by atoms with Crippen LogP contribution in [0.1, 0.15) is 245 Å². The van der Waals surface area contributed by atoms with Crippen molar-refractivity contribution in [3.05, 3.63) is 207 Å². The average molecular weight is 1280 g/mol. The molecule has 0 aromatic rings. The number of rotatable bonds is 64. The van der Waals surface area contributed by atoms with Crippen LogP contribution in [-0.2, 0) is 33.3 Å². The number of hydrogen-bond acceptors (Lipinski definition) is 7. The summed E-state index contributed by atoms with van der Waals surface area (Å²) < 4.78 is 22.9. The number of ether oxygens (including phenoxy) is 4.